The molecule has 174 valence electrons. The van der Waals surface area contributed by atoms with Crippen molar-refractivity contribution in [1.29, 1.82) is 0 Å². The van der Waals surface area contributed by atoms with Crippen LogP contribution < -0.4 is 0 Å². The van der Waals surface area contributed by atoms with E-state index in [4.69, 9.17) is 23.2 Å². The van der Waals surface area contributed by atoms with Crippen molar-refractivity contribution in [3.63, 3.8) is 0 Å². The molecule has 2 aliphatic carbocycles. The van der Waals surface area contributed by atoms with Gasteiger partial charge in [-0.15, -0.1) is 0 Å². The van der Waals surface area contributed by atoms with Gasteiger partial charge in [-0.25, -0.2) is 5.01 Å². The Morgan fingerprint density at radius 1 is 0.941 bits per heavy atom. The van der Waals surface area contributed by atoms with E-state index in [1.54, 1.807) is 37.3 Å². The van der Waals surface area contributed by atoms with Crippen molar-refractivity contribution in [2.75, 3.05) is 0 Å². The quantitative estimate of drug-likeness (QED) is 0.326. The lowest BCUT2D eigenvalue weighted by molar-refractivity contribution is -0.157. The Balaban J connectivity index is 1.59. The number of imide groups is 1. The van der Waals surface area contributed by atoms with Gasteiger partial charge in [0.05, 0.1) is 21.9 Å². The fraction of sp³-hybridized carbons (Fsp3) is 0.308. The maximum Gasteiger partial charge on any atom is 0.273 e. The van der Waals surface area contributed by atoms with Crippen molar-refractivity contribution >= 4 is 46.7 Å². The summed E-state index contributed by atoms with van der Waals surface area (Å²) >= 11 is 12.2. The fourth-order valence-electron chi connectivity index (χ4n) is 5.50. The molecule has 6 nitrogen and oxygen atoms in total. The standard InChI is InChI=1S/C26H22Cl2N2O4/c1-2-20(23(31)14-6-4-3-5-7-14)29(24(32)17-10-11-18(27)19(28)13-17)30-25(33)21-15-8-9-16(12-15)22(21)26(30)34/h3-11,13,15-16,20-22H,2,12H2,1H3/t15-,16-,20+,21-,22-/m0/s1. The van der Waals surface area contributed by atoms with E-state index in [0.717, 1.165) is 16.4 Å². The molecule has 8 heteroatoms. The van der Waals surface area contributed by atoms with E-state index in [2.05, 4.69) is 0 Å². The number of hydrogen-bond donors (Lipinski definition) is 0. The van der Waals surface area contributed by atoms with Crippen LogP contribution in [0.25, 0.3) is 0 Å². The van der Waals surface area contributed by atoms with Gasteiger partial charge in [-0.3, -0.25) is 19.2 Å². The van der Waals surface area contributed by atoms with Crippen LogP contribution in [0.15, 0.2) is 60.7 Å². The minimum absolute atomic E-state index is 0.0247. The number of rotatable bonds is 6. The van der Waals surface area contributed by atoms with Gasteiger partial charge in [0.15, 0.2) is 5.78 Å². The van der Waals surface area contributed by atoms with E-state index in [0.29, 0.717) is 5.56 Å². The lowest BCUT2D eigenvalue weighted by Gasteiger charge is -2.36. The predicted octanol–water partition coefficient (Wildman–Crippen LogP) is 4.82. The predicted molar refractivity (Wildman–Crippen MR) is 127 cm³/mol. The van der Waals surface area contributed by atoms with Gasteiger partial charge in [0.25, 0.3) is 17.7 Å². The van der Waals surface area contributed by atoms with Crippen molar-refractivity contribution in [3.8, 4) is 0 Å². The monoisotopic (exact) mass is 496 g/mol. The largest absolute Gasteiger partial charge is 0.292 e. The number of benzene rings is 2. The molecule has 2 aromatic carbocycles. The minimum atomic E-state index is -1.05. The molecule has 1 saturated carbocycles. The molecule has 1 saturated heterocycles. The van der Waals surface area contributed by atoms with Crippen LogP contribution in [-0.2, 0) is 9.59 Å². The van der Waals surface area contributed by atoms with Crippen LogP contribution in [0.3, 0.4) is 0 Å². The maximum atomic E-state index is 13.8. The van der Waals surface area contributed by atoms with Crippen LogP contribution in [0.5, 0.6) is 0 Å². The van der Waals surface area contributed by atoms with Gasteiger partial charge in [0.1, 0.15) is 6.04 Å². The summed E-state index contributed by atoms with van der Waals surface area (Å²) in [4.78, 5) is 54.5. The SMILES string of the molecule is CC[C@H](C(=O)c1ccccc1)N(C(=O)c1ccc(Cl)c(Cl)c1)N1C(=O)[C@@H]2[C@@H](C1=O)[C@H]1C=C[C@H]2C1. The molecule has 3 aliphatic rings. The number of fused-ring (bicyclic) bond motifs is 5. The first kappa shape index (κ1) is 22.8. The second-order valence-corrected chi connectivity index (χ2v) is 9.74. The Morgan fingerprint density at radius 2 is 1.56 bits per heavy atom. The van der Waals surface area contributed by atoms with Gasteiger partial charge in [-0.1, -0.05) is 72.6 Å². The average Bonchev–Trinajstić information content (AvgIpc) is 3.53. The number of amides is 3. The van der Waals surface area contributed by atoms with Crippen LogP contribution in [0.1, 0.15) is 40.5 Å². The van der Waals surface area contributed by atoms with E-state index in [1.807, 2.05) is 12.2 Å². The highest BCUT2D eigenvalue weighted by Crippen LogP contribution is 2.53. The topological polar surface area (TPSA) is 74.8 Å². The first-order valence-corrected chi connectivity index (χ1v) is 12.0. The van der Waals surface area contributed by atoms with E-state index < -0.39 is 35.6 Å². The molecule has 2 fully saturated rings. The van der Waals surface area contributed by atoms with Gasteiger partial charge in [0, 0.05) is 11.1 Å². The molecule has 0 aromatic heterocycles. The highest BCUT2D eigenvalue weighted by Gasteiger charge is 2.62. The summed E-state index contributed by atoms with van der Waals surface area (Å²) in [5, 5.41) is 2.41. The Morgan fingerprint density at radius 3 is 2.12 bits per heavy atom. The third kappa shape index (κ3) is 3.48. The summed E-state index contributed by atoms with van der Waals surface area (Å²) in [5.41, 5.74) is 0.523. The summed E-state index contributed by atoms with van der Waals surface area (Å²) < 4.78 is 0. The molecule has 0 radical (unpaired) electrons. The van der Waals surface area contributed by atoms with E-state index in [9.17, 15) is 19.2 Å². The van der Waals surface area contributed by atoms with Gasteiger partial charge < -0.3 is 0 Å². The van der Waals surface area contributed by atoms with Crippen molar-refractivity contribution in [2.24, 2.45) is 23.7 Å². The molecule has 2 bridgehead atoms. The summed E-state index contributed by atoms with van der Waals surface area (Å²) in [6, 6.07) is 11.8. The van der Waals surface area contributed by atoms with Crippen LogP contribution in [-0.4, -0.2) is 39.6 Å². The normalized spacial score (nSPS) is 25.6. The Hall–Kier alpha value is -2.96. The number of nitrogens with zero attached hydrogens (tertiary/aromatic N) is 2. The third-order valence-electron chi connectivity index (χ3n) is 7.08. The van der Waals surface area contributed by atoms with Crippen LogP contribution in [0, 0.1) is 23.7 Å². The summed E-state index contributed by atoms with van der Waals surface area (Å²) in [7, 11) is 0. The molecule has 3 amide bonds. The molecule has 5 rings (SSSR count). The molecule has 1 heterocycles. The molecule has 0 N–H and O–H groups in total. The van der Waals surface area contributed by atoms with Gasteiger partial charge >= 0.3 is 0 Å². The van der Waals surface area contributed by atoms with Crippen molar-refractivity contribution in [1.82, 2.24) is 10.0 Å². The lowest BCUT2D eigenvalue weighted by Crippen LogP contribution is -2.57. The zero-order chi connectivity index (χ0) is 24.1. The number of Topliss-reactive ketones (excluding diaryl/α,β-unsaturated/α-hetero) is 1. The summed E-state index contributed by atoms with van der Waals surface area (Å²) in [6.07, 6.45) is 4.94. The van der Waals surface area contributed by atoms with Crippen molar-refractivity contribution < 1.29 is 19.2 Å². The molecule has 2 aromatic rings. The summed E-state index contributed by atoms with van der Waals surface area (Å²) in [5.74, 6) is -2.93. The minimum Gasteiger partial charge on any atom is -0.292 e. The number of hydrazine groups is 1. The second-order valence-electron chi connectivity index (χ2n) is 8.92. The molecule has 0 unspecified atom stereocenters. The van der Waals surface area contributed by atoms with Crippen LogP contribution in [0.2, 0.25) is 10.0 Å². The fourth-order valence-corrected chi connectivity index (χ4v) is 5.79. The Labute approximate surface area is 207 Å². The zero-order valence-electron chi connectivity index (χ0n) is 18.4. The molecular formula is C26H22Cl2N2O4. The smallest absolute Gasteiger partial charge is 0.273 e. The molecule has 1 aliphatic heterocycles. The van der Waals surface area contributed by atoms with E-state index >= 15 is 0 Å². The van der Waals surface area contributed by atoms with E-state index in [-0.39, 0.29) is 39.6 Å². The zero-order valence-corrected chi connectivity index (χ0v) is 19.9. The lowest BCUT2D eigenvalue weighted by atomic mass is 9.85. The molecular weight excluding hydrogens is 475 g/mol. The second kappa shape index (κ2) is 8.67. The number of allylic oxidation sites excluding steroid dienone is 2. The van der Waals surface area contributed by atoms with Crippen molar-refractivity contribution in [2.45, 2.75) is 25.8 Å². The molecule has 5 atom stereocenters. The average molecular weight is 497 g/mol. The number of ketones is 1. The van der Waals surface area contributed by atoms with E-state index in [1.165, 1.54) is 18.2 Å². The molecule has 0 spiro atoms. The van der Waals surface area contributed by atoms with Gasteiger partial charge in [0.2, 0.25) is 0 Å². The van der Waals surface area contributed by atoms with Gasteiger partial charge in [-0.05, 0) is 42.9 Å². The van der Waals surface area contributed by atoms with Gasteiger partial charge in [-0.2, -0.15) is 5.01 Å². The number of carbonyl (C=O) groups is 4. The van der Waals surface area contributed by atoms with Crippen molar-refractivity contribution in [3.05, 3.63) is 81.9 Å². The first-order valence-electron chi connectivity index (χ1n) is 11.3. The third-order valence-corrected chi connectivity index (χ3v) is 7.82. The number of carbonyl (C=O) groups excluding carboxylic acids is 4. The highest BCUT2D eigenvalue weighted by molar-refractivity contribution is 6.42. The molecule has 34 heavy (non-hydrogen) atoms. The summed E-state index contributed by atoms with van der Waals surface area (Å²) in [6.45, 7) is 1.75. The maximum absolute atomic E-state index is 13.8. The van der Waals surface area contributed by atoms with Crippen LogP contribution >= 0.6 is 23.2 Å². The Bertz CT molecular complexity index is 1200. The Kier molecular flexibility index (Phi) is 5.82. The first-order chi connectivity index (χ1) is 16.3. The number of halogens is 2. The highest BCUT2D eigenvalue weighted by atomic mass is 35.5. The van der Waals surface area contributed by atoms with Crippen LogP contribution in [0.4, 0.5) is 0 Å². The number of hydrogen-bond acceptors (Lipinski definition) is 4.